The molecule has 0 spiro atoms. The van der Waals surface area contributed by atoms with Crippen molar-refractivity contribution in [1.82, 2.24) is 0 Å². The Labute approximate surface area is 146 Å². The molecule has 0 bridgehead atoms. The summed E-state index contributed by atoms with van der Waals surface area (Å²) in [5, 5.41) is 0. The molecule has 0 aliphatic heterocycles. The second-order valence-electron chi connectivity index (χ2n) is 6.89. The van der Waals surface area contributed by atoms with E-state index in [-0.39, 0.29) is 0 Å². The predicted molar refractivity (Wildman–Crippen MR) is 102 cm³/mol. The number of hydrogen-bond donors (Lipinski definition) is 0. The van der Waals surface area contributed by atoms with Crippen LogP contribution >= 0.6 is 0 Å². The molecule has 0 N–H and O–H groups in total. The molecular formula is C22H30O2. The van der Waals surface area contributed by atoms with E-state index in [1.807, 2.05) is 0 Å². The van der Waals surface area contributed by atoms with Crippen LogP contribution in [0, 0.1) is 0 Å². The second-order valence-corrected chi connectivity index (χ2v) is 6.89. The van der Waals surface area contributed by atoms with E-state index in [0.29, 0.717) is 11.8 Å². The minimum absolute atomic E-state index is 0.457. The Bertz CT molecular complexity index is 612. The number of aryl methyl sites for hydroxylation is 2. The highest BCUT2D eigenvalue weighted by Gasteiger charge is 2.15. The molecule has 0 amide bonds. The van der Waals surface area contributed by atoms with Crippen LogP contribution in [0.1, 0.15) is 61.8 Å². The Hall–Kier alpha value is -1.96. The van der Waals surface area contributed by atoms with E-state index >= 15 is 0 Å². The van der Waals surface area contributed by atoms with Gasteiger partial charge < -0.3 is 9.47 Å². The summed E-state index contributed by atoms with van der Waals surface area (Å²) in [6, 6.07) is 12.9. The smallest absolute Gasteiger partial charge is 0.125 e. The van der Waals surface area contributed by atoms with E-state index in [2.05, 4.69) is 64.1 Å². The van der Waals surface area contributed by atoms with Crippen LogP contribution in [0.25, 0.3) is 0 Å². The molecule has 2 heteroatoms. The fourth-order valence-corrected chi connectivity index (χ4v) is 3.28. The summed E-state index contributed by atoms with van der Waals surface area (Å²) in [5.74, 6) is 2.98. The Morgan fingerprint density at radius 1 is 0.667 bits per heavy atom. The van der Waals surface area contributed by atoms with Crippen LogP contribution in [0.15, 0.2) is 36.4 Å². The van der Waals surface area contributed by atoms with E-state index in [4.69, 9.17) is 9.47 Å². The average molecular weight is 326 g/mol. The topological polar surface area (TPSA) is 18.5 Å². The summed E-state index contributed by atoms with van der Waals surface area (Å²) in [4.78, 5) is 0. The lowest BCUT2D eigenvalue weighted by atomic mass is 9.93. The molecule has 2 aromatic carbocycles. The van der Waals surface area contributed by atoms with Gasteiger partial charge in [0, 0.05) is 0 Å². The maximum Gasteiger partial charge on any atom is 0.125 e. The molecule has 0 unspecified atom stereocenters. The van der Waals surface area contributed by atoms with Gasteiger partial charge in [0.1, 0.15) is 11.5 Å². The van der Waals surface area contributed by atoms with Gasteiger partial charge in [-0.3, -0.25) is 0 Å². The van der Waals surface area contributed by atoms with Crippen molar-refractivity contribution in [2.45, 2.75) is 52.4 Å². The van der Waals surface area contributed by atoms with Crippen molar-refractivity contribution in [2.75, 3.05) is 14.2 Å². The summed E-state index contributed by atoms with van der Waals surface area (Å²) in [6.07, 6.45) is 1.89. The first-order valence-corrected chi connectivity index (χ1v) is 8.81. The van der Waals surface area contributed by atoms with E-state index in [1.54, 1.807) is 14.2 Å². The van der Waals surface area contributed by atoms with Crippen molar-refractivity contribution in [3.8, 4) is 11.5 Å². The van der Waals surface area contributed by atoms with Crippen LogP contribution < -0.4 is 9.47 Å². The minimum Gasteiger partial charge on any atom is -0.496 e. The van der Waals surface area contributed by atoms with Gasteiger partial charge >= 0.3 is 0 Å². The van der Waals surface area contributed by atoms with Crippen molar-refractivity contribution >= 4 is 0 Å². The summed E-state index contributed by atoms with van der Waals surface area (Å²) in [6.45, 7) is 8.82. The number of benzene rings is 2. The lowest BCUT2D eigenvalue weighted by Crippen LogP contribution is -2.03. The van der Waals surface area contributed by atoms with Crippen LogP contribution in [0.4, 0.5) is 0 Å². The van der Waals surface area contributed by atoms with E-state index in [1.165, 1.54) is 22.3 Å². The third-order valence-corrected chi connectivity index (χ3v) is 4.57. The van der Waals surface area contributed by atoms with Crippen LogP contribution in [0.2, 0.25) is 0 Å². The minimum atomic E-state index is 0.457. The molecule has 2 aromatic rings. The number of ether oxygens (including phenoxy) is 2. The summed E-state index contributed by atoms with van der Waals surface area (Å²) in [5.41, 5.74) is 5.08. The third-order valence-electron chi connectivity index (χ3n) is 4.57. The third kappa shape index (κ3) is 3.92. The van der Waals surface area contributed by atoms with Crippen LogP contribution in [0.3, 0.4) is 0 Å². The average Bonchev–Trinajstić information content (AvgIpc) is 2.58. The molecule has 2 nitrogen and oxygen atoms in total. The van der Waals surface area contributed by atoms with Crippen molar-refractivity contribution in [1.29, 1.82) is 0 Å². The molecule has 0 heterocycles. The van der Waals surface area contributed by atoms with Gasteiger partial charge in [-0.25, -0.2) is 0 Å². The Morgan fingerprint density at radius 2 is 1.04 bits per heavy atom. The maximum absolute atomic E-state index is 5.71. The lowest BCUT2D eigenvalue weighted by molar-refractivity contribution is 0.398. The van der Waals surface area contributed by atoms with Gasteiger partial charge in [0.05, 0.1) is 14.2 Å². The fraction of sp³-hybridized carbons (Fsp3) is 0.455. The monoisotopic (exact) mass is 326 g/mol. The summed E-state index contributed by atoms with van der Waals surface area (Å²) >= 11 is 0. The molecule has 0 fully saturated rings. The van der Waals surface area contributed by atoms with Crippen molar-refractivity contribution in [3.05, 3.63) is 58.7 Å². The maximum atomic E-state index is 5.71. The van der Waals surface area contributed by atoms with E-state index in [0.717, 1.165) is 24.3 Å². The lowest BCUT2D eigenvalue weighted by Gasteiger charge is -2.18. The highest BCUT2D eigenvalue weighted by molar-refractivity contribution is 5.46. The summed E-state index contributed by atoms with van der Waals surface area (Å²) in [7, 11) is 3.54. The molecule has 0 aliphatic rings. The standard InChI is InChI=1S/C22H30O2/c1-15(2)19-11-7-9-17(21(19)23-5)13-14-18-10-8-12-20(16(3)4)22(18)24-6/h7-12,15-16H,13-14H2,1-6H3. The van der Waals surface area contributed by atoms with Gasteiger partial charge in [-0.15, -0.1) is 0 Å². The highest BCUT2D eigenvalue weighted by atomic mass is 16.5. The molecule has 0 radical (unpaired) electrons. The summed E-state index contributed by atoms with van der Waals surface area (Å²) < 4.78 is 11.4. The van der Waals surface area contributed by atoms with Gasteiger partial charge in [-0.1, -0.05) is 64.1 Å². The molecule has 0 aromatic heterocycles. The molecular weight excluding hydrogens is 296 g/mol. The zero-order valence-electron chi connectivity index (χ0n) is 15.8. The number of methoxy groups -OCH3 is 2. The first kappa shape index (κ1) is 18.4. The molecule has 0 saturated heterocycles. The molecule has 0 aliphatic carbocycles. The quantitative estimate of drug-likeness (QED) is 0.646. The fourth-order valence-electron chi connectivity index (χ4n) is 3.28. The Kier molecular flexibility index (Phi) is 6.30. The SMILES string of the molecule is COc1c(CCc2cccc(C(C)C)c2OC)cccc1C(C)C. The van der Waals surface area contributed by atoms with Crippen molar-refractivity contribution < 1.29 is 9.47 Å². The van der Waals surface area contributed by atoms with Crippen molar-refractivity contribution in [3.63, 3.8) is 0 Å². The first-order valence-electron chi connectivity index (χ1n) is 8.81. The van der Waals surface area contributed by atoms with Gasteiger partial charge in [0.2, 0.25) is 0 Å². The molecule has 130 valence electrons. The van der Waals surface area contributed by atoms with E-state index in [9.17, 15) is 0 Å². The van der Waals surface area contributed by atoms with Crippen LogP contribution in [-0.2, 0) is 12.8 Å². The normalized spacial score (nSPS) is 11.2. The zero-order chi connectivity index (χ0) is 17.7. The highest BCUT2D eigenvalue weighted by Crippen LogP contribution is 2.33. The molecule has 24 heavy (non-hydrogen) atoms. The first-order chi connectivity index (χ1) is 11.5. The van der Waals surface area contributed by atoms with Gasteiger partial charge in [0.15, 0.2) is 0 Å². The van der Waals surface area contributed by atoms with Crippen LogP contribution in [-0.4, -0.2) is 14.2 Å². The van der Waals surface area contributed by atoms with Gasteiger partial charge in [-0.2, -0.15) is 0 Å². The number of hydrogen-bond acceptors (Lipinski definition) is 2. The molecule has 0 saturated carbocycles. The van der Waals surface area contributed by atoms with Crippen LogP contribution in [0.5, 0.6) is 11.5 Å². The number of rotatable bonds is 7. The van der Waals surface area contributed by atoms with E-state index < -0.39 is 0 Å². The second kappa shape index (κ2) is 8.23. The van der Waals surface area contributed by atoms with Gasteiger partial charge in [-0.05, 0) is 46.9 Å². The van der Waals surface area contributed by atoms with Crippen molar-refractivity contribution in [2.24, 2.45) is 0 Å². The number of para-hydroxylation sites is 2. The molecule has 2 rings (SSSR count). The Balaban J connectivity index is 2.29. The predicted octanol–water partition coefficient (Wildman–Crippen LogP) is 5.74. The zero-order valence-corrected chi connectivity index (χ0v) is 15.8. The largest absolute Gasteiger partial charge is 0.496 e. The van der Waals surface area contributed by atoms with Gasteiger partial charge in [0.25, 0.3) is 0 Å². The molecule has 0 atom stereocenters. The Morgan fingerprint density at radius 3 is 1.33 bits per heavy atom.